The molecule has 1 aliphatic rings. The van der Waals surface area contributed by atoms with Crippen molar-refractivity contribution in [2.75, 3.05) is 44.7 Å². The number of nitrogens with zero attached hydrogens (tertiary/aromatic N) is 3. The fraction of sp³-hybridized carbons (Fsp3) is 0.438. The number of hydrogen-bond acceptors (Lipinski definition) is 6. The Morgan fingerprint density at radius 3 is 2.83 bits per heavy atom. The molecule has 1 saturated heterocycles. The maximum Gasteiger partial charge on any atom is 0.336 e. The smallest absolute Gasteiger partial charge is 0.336 e. The molecule has 24 heavy (non-hydrogen) atoms. The zero-order valence-electron chi connectivity index (χ0n) is 13.3. The highest BCUT2D eigenvalue weighted by molar-refractivity contribution is 6.06. The molecule has 3 rings (SSSR count). The summed E-state index contributed by atoms with van der Waals surface area (Å²) in [5.41, 5.74) is 0.856. The lowest BCUT2D eigenvalue weighted by molar-refractivity contribution is 0.0378. The molecule has 8 heteroatoms. The van der Waals surface area contributed by atoms with Crippen LogP contribution in [0.5, 0.6) is 0 Å². The Labute approximate surface area is 146 Å². The maximum absolute atomic E-state index is 11.4. The predicted molar refractivity (Wildman–Crippen MR) is 94.1 cm³/mol. The minimum Gasteiger partial charge on any atom is -0.478 e. The summed E-state index contributed by atoms with van der Waals surface area (Å²) in [6.07, 6.45) is 2.42. The van der Waals surface area contributed by atoms with E-state index in [1.165, 1.54) is 6.33 Å². The normalized spacial score (nSPS) is 15.0. The topological polar surface area (TPSA) is 87.6 Å². The summed E-state index contributed by atoms with van der Waals surface area (Å²) in [5.74, 6) is -0.392. The zero-order chi connectivity index (χ0) is 16.1. The lowest BCUT2D eigenvalue weighted by atomic mass is 10.1. The van der Waals surface area contributed by atoms with E-state index in [-0.39, 0.29) is 18.0 Å². The molecule has 2 heterocycles. The highest BCUT2D eigenvalue weighted by Gasteiger charge is 2.14. The fourth-order valence-electron chi connectivity index (χ4n) is 2.76. The van der Waals surface area contributed by atoms with Crippen molar-refractivity contribution in [2.45, 2.75) is 6.42 Å². The number of nitrogens with one attached hydrogen (secondary N) is 1. The van der Waals surface area contributed by atoms with E-state index in [0.717, 1.165) is 45.8 Å². The summed E-state index contributed by atoms with van der Waals surface area (Å²) >= 11 is 0. The first-order valence-corrected chi connectivity index (χ1v) is 7.76. The van der Waals surface area contributed by atoms with Gasteiger partial charge in [0, 0.05) is 19.6 Å². The van der Waals surface area contributed by atoms with Gasteiger partial charge in [-0.2, -0.15) is 0 Å². The molecular weight excluding hydrogens is 332 g/mol. The van der Waals surface area contributed by atoms with Crippen LogP contribution in [0.15, 0.2) is 24.5 Å². The van der Waals surface area contributed by atoms with Gasteiger partial charge in [-0.15, -0.1) is 12.4 Å². The van der Waals surface area contributed by atoms with Crippen molar-refractivity contribution in [3.63, 3.8) is 0 Å². The van der Waals surface area contributed by atoms with Crippen LogP contribution < -0.4 is 5.32 Å². The number of benzene rings is 1. The van der Waals surface area contributed by atoms with Crippen LogP contribution in [0.1, 0.15) is 16.8 Å². The van der Waals surface area contributed by atoms with E-state index in [2.05, 4.69) is 20.2 Å². The molecule has 7 nitrogen and oxygen atoms in total. The molecule has 0 radical (unpaired) electrons. The standard InChI is InChI=1S/C16H20N4O3.ClH/c21-16(22)12-3-1-4-13-14(12)15(19-11-18-13)17-5-2-6-20-7-9-23-10-8-20;/h1,3-4,11H,2,5-10H2,(H,21,22)(H,17,18,19);1H. The Hall–Kier alpha value is -1.96. The first-order valence-electron chi connectivity index (χ1n) is 7.76. The van der Waals surface area contributed by atoms with E-state index < -0.39 is 5.97 Å². The highest BCUT2D eigenvalue weighted by Crippen LogP contribution is 2.23. The first kappa shape index (κ1) is 18.4. The molecule has 2 N–H and O–H groups in total. The molecule has 0 saturated carbocycles. The van der Waals surface area contributed by atoms with E-state index in [4.69, 9.17) is 4.74 Å². The van der Waals surface area contributed by atoms with Gasteiger partial charge in [0.2, 0.25) is 0 Å². The second-order valence-electron chi connectivity index (χ2n) is 5.46. The van der Waals surface area contributed by atoms with Crippen LogP contribution in [-0.4, -0.2) is 65.3 Å². The van der Waals surface area contributed by atoms with Crippen LogP contribution in [0.3, 0.4) is 0 Å². The van der Waals surface area contributed by atoms with E-state index in [0.29, 0.717) is 16.7 Å². The average Bonchev–Trinajstić information content (AvgIpc) is 2.59. The van der Waals surface area contributed by atoms with E-state index in [1.54, 1.807) is 18.2 Å². The molecule has 2 aromatic rings. The zero-order valence-corrected chi connectivity index (χ0v) is 14.1. The van der Waals surface area contributed by atoms with Gasteiger partial charge in [-0.25, -0.2) is 14.8 Å². The quantitative estimate of drug-likeness (QED) is 0.767. The van der Waals surface area contributed by atoms with Gasteiger partial charge in [0.05, 0.1) is 29.7 Å². The summed E-state index contributed by atoms with van der Waals surface area (Å²) in [7, 11) is 0. The second kappa shape index (κ2) is 8.77. The minimum atomic E-state index is -0.971. The third-order valence-corrected chi connectivity index (χ3v) is 3.94. The van der Waals surface area contributed by atoms with Crippen LogP contribution in [0.25, 0.3) is 10.9 Å². The third-order valence-electron chi connectivity index (χ3n) is 3.94. The Balaban J connectivity index is 0.00000208. The Morgan fingerprint density at radius 2 is 2.08 bits per heavy atom. The van der Waals surface area contributed by atoms with Crippen molar-refractivity contribution >= 4 is 35.1 Å². The van der Waals surface area contributed by atoms with Crippen molar-refractivity contribution in [3.05, 3.63) is 30.1 Å². The molecule has 0 unspecified atom stereocenters. The summed E-state index contributed by atoms with van der Waals surface area (Å²) < 4.78 is 5.33. The number of hydrogen-bond donors (Lipinski definition) is 2. The molecule has 0 amide bonds. The van der Waals surface area contributed by atoms with Gasteiger partial charge in [0.1, 0.15) is 12.1 Å². The summed E-state index contributed by atoms with van der Waals surface area (Å²) in [4.78, 5) is 22.1. The fourth-order valence-corrected chi connectivity index (χ4v) is 2.76. The number of aromatic carboxylic acids is 1. The number of rotatable bonds is 6. The molecule has 1 fully saturated rings. The summed E-state index contributed by atoms with van der Waals surface area (Å²) in [6, 6.07) is 5.07. The molecule has 0 atom stereocenters. The number of ether oxygens (including phenoxy) is 1. The van der Waals surface area contributed by atoms with E-state index >= 15 is 0 Å². The van der Waals surface area contributed by atoms with Gasteiger partial charge < -0.3 is 15.2 Å². The van der Waals surface area contributed by atoms with Crippen molar-refractivity contribution < 1.29 is 14.6 Å². The lowest BCUT2D eigenvalue weighted by Gasteiger charge is -2.26. The number of carboxylic acids is 1. The maximum atomic E-state index is 11.4. The molecule has 1 aliphatic heterocycles. The molecule has 0 bridgehead atoms. The molecule has 0 aliphatic carbocycles. The van der Waals surface area contributed by atoms with Gasteiger partial charge in [-0.3, -0.25) is 4.90 Å². The SMILES string of the molecule is Cl.O=C(O)c1cccc2ncnc(NCCCN3CCOCC3)c12. The predicted octanol–water partition coefficient (Wildman–Crippen LogP) is 1.88. The van der Waals surface area contributed by atoms with Gasteiger partial charge in [-0.1, -0.05) is 6.07 Å². The molecular formula is C16H21ClN4O3. The van der Waals surface area contributed by atoms with Crippen molar-refractivity contribution in [1.29, 1.82) is 0 Å². The number of carbonyl (C=O) groups is 1. The Bertz CT molecular complexity index is 687. The van der Waals surface area contributed by atoms with Crippen LogP contribution >= 0.6 is 12.4 Å². The first-order chi connectivity index (χ1) is 11.3. The van der Waals surface area contributed by atoms with Crippen LogP contribution in [0.4, 0.5) is 5.82 Å². The third kappa shape index (κ3) is 4.31. The highest BCUT2D eigenvalue weighted by atomic mass is 35.5. The lowest BCUT2D eigenvalue weighted by Crippen LogP contribution is -2.37. The summed E-state index contributed by atoms with van der Waals surface area (Å²) in [5, 5.41) is 13.2. The Morgan fingerprint density at radius 1 is 1.29 bits per heavy atom. The largest absolute Gasteiger partial charge is 0.478 e. The molecule has 0 spiro atoms. The van der Waals surface area contributed by atoms with Crippen LogP contribution in [0.2, 0.25) is 0 Å². The molecule has 130 valence electrons. The Kier molecular flexibility index (Phi) is 6.72. The summed E-state index contributed by atoms with van der Waals surface area (Å²) in [6.45, 7) is 5.26. The van der Waals surface area contributed by atoms with Crippen molar-refractivity contribution in [1.82, 2.24) is 14.9 Å². The number of aromatic nitrogens is 2. The van der Waals surface area contributed by atoms with Crippen molar-refractivity contribution in [3.8, 4) is 0 Å². The van der Waals surface area contributed by atoms with Gasteiger partial charge in [0.25, 0.3) is 0 Å². The van der Waals surface area contributed by atoms with Gasteiger partial charge in [-0.05, 0) is 25.1 Å². The number of anilines is 1. The number of morpholine rings is 1. The van der Waals surface area contributed by atoms with Crippen LogP contribution in [0, 0.1) is 0 Å². The van der Waals surface area contributed by atoms with Gasteiger partial charge in [0.15, 0.2) is 0 Å². The molecule has 1 aromatic carbocycles. The van der Waals surface area contributed by atoms with E-state index in [9.17, 15) is 9.90 Å². The molecule has 1 aromatic heterocycles. The number of fused-ring (bicyclic) bond motifs is 1. The monoisotopic (exact) mass is 352 g/mol. The number of halogens is 1. The van der Waals surface area contributed by atoms with Gasteiger partial charge >= 0.3 is 5.97 Å². The van der Waals surface area contributed by atoms with Crippen molar-refractivity contribution in [2.24, 2.45) is 0 Å². The minimum absolute atomic E-state index is 0. The number of carboxylic acid groups (broad SMARTS) is 1. The average molecular weight is 353 g/mol. The van der Waals surface area contributed by atoms with E-state index in [1.807, 2.05) is 0 Å². The van der Waals surface area contributed by atoms with Crippen LogP contribution in [-0.2, 0) is 4.74 Å². The second-order valence-corrected chi connectivity index (χ2v) is 5.46.